The van der Waals surface area contributed by atoms with Crippen molar-refractivity contribution in [1.82, 2.24) is 0 Å². The summed E-state index contributed by atoms with van der Waals surface area (Å²) in [5.74, 6) is 1.18. The summed E-state index contributed by atoms with van der Waals surface area (Å²) in [6.45, 7) is 0. The van der Waals surface area contributed by atoms with Crippen LogP contribution < -0.4 is 4.74 Å². The highest BCUT2D eigenvalue weighted by Crippen LogP contribution is 2.50. The first kappa shape index (κ1) is 6.35. The van der Waals surface area contributed by atoms with Gasteiger partial charge in [0.1, 0.15) is 17.1 Å². The first-order chi connectivity index (χ1) is 5.77. The van der Waals surface area contributed by atoms with Crippen LogP contribution in [0.1, 0.15) is 18.4 Å². The number of fused-ring (bicyclic) bond motifs is 1. The molecule has 0 atom stereocenters. The molecule has 1 fully saturated rings. The van der Waals surface area contributed by atoms with Crippen LogP contribution in [0.5, 0.6) is 11.5 Å². The van der Waals surface area contributed by atoms with E-state index in [4.69, 9.17) is 4.74 Å². The minimum atomic E-state index is 0.135. The van der Waals surface area contributed by atoms with E-state index in [-0.39, 0.29) is 5.60 Å². The Balaban J connectivity index is 2.07. The number of ether oxygens (including phenoxy) is 1. The zero-order valence-electron chi connectivity index (χ0n) is 6.71. The van der Waals surface area contributed by atoms with Crippen LogP contribution in [-0.2, 0) is 6.42 Å². The molecular weight excluding hydrogens is 152 g/mol. The molecular formula is C10H10O2. The standard InChI is InChI=1S/C10H10O2/c11-8-2-1-7-6-10(3-4-10)12-9(7)5-8/h1-2,5,11H,3-4,6H2. The van der Waals surface area contributed by atoms with E-state index in [0.29, 0.717) is 5.75 Å². The van der Waals surface area contributed by atoms with Gasteiger partial charge in [-0.1, -0.05) is 6.07 Å². The topological polar surface area (TPSA) is 29.5 Å². The fraction of sp³-hybridized carbons (Fsp3) is 0.400. The van der Waals surface area contributed by atoms with E-state index < -0.39 is 0 Å². The summed E-state index contributed by atoms with van der Waals surface area (Å²) in [7, 11) is 0. The summed E-state index contributed by atoms with van der Waals surface area (Å²) in [5, 5.41) is 9.21. The van der Waals surface area contributed by atoms with E-state index in [1.54, 1.807) is 12.1 Å². The molecule has 1 aromatic carbocycles. The van der Waals surface area contributed by atoms with Crippen molar-refractivity contribution in [3.8, 4) is 11.5 Å². The molecule has 0 saturated heterocycles. The Labute approximate surface area is 70.8 Å². The number of aromatic hydroxyl groups is 1. The van der Waals surface area contributed by atoms with Gasteiger partial charge in [-0.3, -0.25) is 0 Å². The highest BCUT2D eigenvalue weighted by molar-refractivity contribution is 5.45. The minimum absolute atomic E-state index is 0.135. The van der Waals surface area contributed by atoms with Crippen molar-refractivity contribution in [3.63, 3.8) is 0 Å². The molecule has 1 aliphatic carbocycles. The lowest BCUT2D eigenvalue weighted by molar-refractivity contribution is 0.210. The number of benzene rings is 1. The van der Waals surface area contributed by atoms with Gasteiger partial charge in [0.15, 0.2) is 0 Å². The fourth-order valence-electron chi connectivity index (χ4n) is 1.82. The van der Waals surface area contributed by atoms with Crippen molar-refractivity contribution in [3.05, 3.63) is 23.8 Å². The Morgan fingerprint density at radius 1 is 1.33 bits per heavy atom. The molecule has 0 aromatic heterocycles. The van der Waals surface area contributed by atoms with Gasteiger partial charge < -0.3 is 9.84 Å². The van der Waals surface area contributed by atoms with Crippen LogP contribution in [0.2, 0.25) is 0 Å². The van der Waals surface area contributed by atoms with Crippen LogP contribution in [-0.4, -0.2) is 10.7 Å². The van der Waals surface area contributed by atoms with Crippen molar-refractivity contribution in [1.29, 1.82) is 0 Å². The van der Waals surface area contributed by atoms with Crippen molar-refractivity contribution in [2.24, 2.45) is 0 Å². The zero-order valence-corrected chi connectivity index (χ0v) is 6.71. The van der Waals surface area contributed by atoms with Gasteiger partial charge in [0, 0.05) is 12.5 Å². The molecule has 62 valence electrons. The van der Waals surface area contributed by atoms with Gasteiger partial charge in [-0.25, -0.2) is 0 Å². The summed E-state index contributed by atoms with van der Waals surface area (Å²) < 4.78 is 5.73. The first-order valence-electron chi connectivity index (χ1n) is 4.28. The molecule has 12 heavy (non-hydrogen) atoms. The molecule has 0 amide bonds. The second-order valence-corrected chi connectivity index (χ2v) is 3.75. The van der Waals surface area contributed by atoms with Gasteiger partial charge in [-0.2, -0.15) is 0 Å². The van der Waals surface area contributed by atoms with Gasteiger partial charge in [0.25, 0.3) is 0 Å². The largest absolute Gasteiger partial charge is 0.508 e. The summed E-state index contributed by atoms with van der Waals surface area (Å²) in [6.07, 6.45) is 3.37. The number of hydrogen-bond donors (Lipinski definition) is 1. The Hall–Kier alpha value is -1.18. The monoisotopic (exact) mass is 162 g/mol. The van der Waals surface area contributed by atoms with Crippen LogP contribution in [0.25, 0.3) is 0 Å². The molecule has 0 radical (unpaired) electrons. The quantitative estimate of drug-likeness (QED) is 0.631. The molecule has 1 aromatic rings. The zero-order chi connectivity index (χ0) is 8.18. The molecule has 1 aliphatic heterocycles. The normalized spacial score (nSPS) is 22.0. The van der Waals surface area contributed by atoms with Gasteiger partial charge in [-0.15, -0.1) is 0 Å². The van der Waals surface area contributed by atoms with E-state index in [1.807, 2.05) is 6.07 Å². The van der Waals surface area contributed by atoms with Crippen LogP contribution in [0.3, 0.4) is 0 Å². The number of rotatable bonds is 0. The average Bonchev–Trinajstić information content (AvgIpc) is 2.63. The summed E-state index contributed by atoms with van der Waals surface area (Å²) in [6, 6.07) is 5.39. The van der Waals surface area contributed by atoms with Crippen molar-refractivity contribution in [2.75, 3.05) is 0 Å². The molecule has 2 heteroatoms. The van der Waals surface area contributed by atoms with Gasteiger partial charge in [0.2, 0.25) is 0 Å². The van der Waals surface area contributed by atoms with Crippen LogP contribution in [0.4, 0.5) is 0 Å². The van der Waals surface area contributed by atoms with Crippen LogP contribution >= 0.6 is 0 Å². The molecule has 2 nitrogen and oxygen atoms in total. The Kier molecular flexibility index (Phi) is 0.932. The molecule has 1 N–H and O–H groups in total. The molecule has 2 aliphatic rings. The predicted octanol–water partition coefficient (Wildman–Crippen LogP) is 1.86. The van der Waals surface area contributed by atoms with Crippen molar-refractivity contribution >= 4 is 0 Å². The number of phenolic OH excluding ortho intramolecular Hbond substituents is 1. The Morgan fingerprint density at radius 2 is 2.17 bits per heavy atom. The smallest absolute Gasteiger partial charge is 0.127 e. The summed E-state index contributed by atoms with van der Waals surface area (Å²) >= 11 is 0. The van der Waals surface area contributed by atoms with Crippen molar-refractivity contribution in [2.45, 2.75) is 24.9 Å². The third-order valence-corrected chi connectivity index (χ3v) is 2.70. The highest BCUT2D eigenvalue weighted by atomic mass is 16.5. The van der Waals surface area contributed by atoms with E-state index in [0.717, 1.165) is 12.2 Å². The lowest BCUT2D eigenvalue weighted by Crippen LogP contribution is -2.12. The molecule has 3 rings (SSSR count). The Bertz CT molecular complexity index is 340. The molecule has 1 spiro atoms. The van der Waals surface area contributed by atoms with Crippen LogP contribution in [0.15, 0.2) is 18.2 Å². The van der Waals surface area contributed by atoms with Gasteiger partial charge in [-0.05, 0) is 24.5 Å². The highest BCUT2D eigenvalue weighted by Gasteiger charge is 2.49. The summed E-state index contributed by atoms with van der Waals surface area (Å²) in [5.41, 5.74) is 1.38. The molecule has 1 heterocycles. The van der Waals surface area contributed by atoms with Crippen LogP contribution in [0, 0.1) is 0 Å². The van der Waals surface area contributed by atoms with E-state index in [2.05, 4.69) is 0 Å². The average molecular weight is 162 g/mol. The molecule has 0 bridgehead atoms. The maximum Gasteiger partial charge on any atom is 0.127 e. The number of phenols is 1. The van der Waals surface area contributed by atoms with Gasteiger partial charge >= 0.3 is 0 Å². The maximum absolute atomic E-state index is 9.21. The molecule has 0 unspecified atom stereocenters. The van der Waals surface area contributed by atoms with Gasteiger partial charge in [0.05, 0.1) is 0 Å². The lowest BCUT2D eigenvalue weighted by Gasteiger charge is -2.05. The van der Waals surface area contributed by atoms with E-state index in [9.17, 15) is 5.11 Å². The molecule has 1 saturated carbocycles. The summed E-state index contributed by atoms with van der Waals surface area (Å²) in [4.78, 5) is 0. The first-order valence-corrected chi connectivity index (χ1v) is 4.28. The van der Waals surface area contributed by atoms with Crippen molar-refractivity contribution < 1.29 is 9.84 Å². The van der Waals surface area contributed by atoms with E-state index >= 15 is 0 Å². The fourth-order valence-corrected chi connectivity index (χ4v) is 1.82. The Morgan fingerprint density at radius 3 is 2.92 bits per heavy atom. The second kappa shape index (κ2) is 1.76. The number of hydrogen-bond acceptors (Lipinski definition) is 2. The lowest BCUT2D eigenvalue weighted by atomic mass is 10.1. The maximum atomic E-state index is 9.21. The minimum Gasteiger partial charge on any atom is -0.508 e. The van der Waals surface area contributed by atoms with E-state index in [1.165, 1.54) is 18.4 Å². The third kappa shape index (κ3) is 0.750. The second-order valence-electron chi connectivity index (χ2n) is 3.75. The predicted molar refractivity (Wildman–Crippen MR) is 44.4 cm³/mol. The third-order valence-electron chi connectivity index (χ3n) is 2.70. The SMILES string of the molecule is Oc1ccc2c(c1)OC1(CC1)C2.